The third kappa shape index (κ3) is 4.14. The molecule has 6 nitrogen and oxygen atoms in total. The lowest BCUT2D eigenvalue weighted by molar-refractivity contribution is -0.136. The molecule has 0 saturated heterocycles. The van der Waals surface area contributed by atoms with Gasteiger partial charge in [-0.25, -0.2) is 0 Å². The predicted molar refractivity (Wildman–Crippen MR) is 112 cm³/mol. The van der Waals surface area contributed by atoms with E-state index >= 15 is 0 Å². The van der Waals surface area contributed by atoms with Gasteiger partial charge in [-0.3, -0.25) is 4.79 Å². The van der Waals surface area contributed by atoms with Crippen LogP contribution in [0.5, 0.6) is 0 Å². The number of hydrogen-bond donors (Lipinski definition) is 1. The number of halogens is 2. The Bertz CT molecular complexity index is 1050. The molecule has 28 heavy (non-hydrogen) atoms. The summed E-state index contributed by atoms with van der Waals surface area (Å²) in [5, 5.41) is 23.4. The van der Waals surface area contributed by atoms with Crippen LogP contribution in [-0.4, -0.2) is 36.9 Å². The van der Waals surface area contributed by atoms with Gasteiger partial charge >= 0.3 is 5.97 Å². The highest BCUT2D eigenvalue weighted by molar-refractivity contribution is 9.10. The van der Waals surface area contributed by atoms with Crippen LogP contribution < -0.4 is 0 Å². The van der Waals surface area contributed by atoms with E-state index in [9.17, 15) is 9.90 Å². The summed E-state index contributed by atoms with van der Waals surface area (Å²) in [6, 6.07) is 15.2. The maximum atomic E-state index is 11.3. The number of carboxylic acids is 1. The van der Waals surface area contributed by atoms with Crippen LogP contribution in [-0.2, 0) is 11.2 Å². The standard InChI is InChI=1S/C19H14BrClN4O2S/c20-13-5-1-11(2-6-13)9-16-22-23-19-25(16)24-18(15(28-19)10-17(26)27)12-3-7-14(21)8-4-12/h1-8,15H,9-10H2,(H,26,27)/t15-/m1/s1. The molecular weight excluding hydrogens is 464 g/mol. The SMILES string of the molecule is O=C(O)C[C@H]1Sc2nnc(Cc3ccc(Br)cc3)n2N=C1c1ccc(Cl)cc1. The van der Waals surface area contributed by atoms with Crippen LogP contribution in [0, 0.1) is 0 Å². The molecule has 1 aliphatic heterocycles. The number of rotatable bonds is 5. The van der Waals surface area contributed by atoms with Crippen molar-refractivity contribution >= 4 is 51.0 Å². The minimum atomic E-state index is -0.887. The number of fused-ring (bicyclic) bond motifs is 1. The molecule has 0 fully saturated rings. The molecule has 0 spiro atoms. The maximum Gasteiger partial charge on any atom is 0.304 e. The number of thioether (sulfide) groups is 1. The van der Waals surface area contributed by atoms with Crippen molar-refractivity contribution in [2.45, 2.75) is 23.2 Å². The van der Waals surface area contributed by atoms with E-state index in [0.717, 1.165) is 15.6 Å². The molecule has 0 saturated carbocycles. The molecular formula is C19H14BrClN4O2S. The van der Waals surface area contributed by atoms with Gasteiger partial charge in [0, 0.05) is 15.9 Å². The first-order valence-electron chi connectivity index (χ1n) is 8.41. The fourth-order valence-electron chi connectivity index (χ4n) is 2.88. The lowest BCUT2D eigenvalue weighted by Gasteiger charge is -2.22. The summed E-state index contributed by atoms with van der Waals surface area (Å²) < 4.78 is 2.71. The van der Waals surface area contributed by atoms with Gasteiger partial charge in [-0.15, -0.1) is 10.2 Å². The minimum Gasteiger partial charge on any atom is -0.481 e. The van der Waals surface area contributed by atoms with Crippen molar-refractivity contribution in [3.05, 3.63) is 75.0 Å². The maximum absolute atomic E-state index is 11.3. The highest BCUT2D eigenvalue weighted by Crippen LogP contribution is 2.33. The summed E-state index contributed by atoms with van der Waals surface area (Å²) in [6.07, 6.45) is 0.517. The van der Waals surface area contributed by atoms with Crippen molar-refractivity contribution in [1.29, 1.82) is 0 Å². The van der Waals surface area contributed by atoms with E-state index in [4.69, 9.17) is 16.7 Å². The first kappa shape index (κ1) is 19.2. The summed E-state index contributed by atoms with van der Waals surface area (Å²) in [5.74, 6) is -0.188. The van der Waals surface area contributed by atoms with Crippen LogP contribution in [0.3, 0.4) is 0 Å². The average Bonchev–Trinajstić information content (AvgIpc) is 3.05. The molecule has 0 unspecified atom stereocenters. The number of carboxylic acid groups (broad SMARTS) is 1. The number of carbonyl (C=O) groups is 1. The predicted octanol–water partition coefficient (Wildman–Crippen LogP) is 4.49. The van der Waals surface area contributed by atoms with Gasteiger partial charge in [0.15, 0.2) is 5.82 Å². The van der Waals surface area contributed by atoms with E-state index in [1.165, 1.54) is 11.8 Å². The second-order valence-electron chi connectivity index (χ2n) is 6.21. The Hall–Kier alpha value is -2.16. The Labute approximate surface area is 178 Å². The fraction of sp³-hybridized carbons (Fsp3) is 0.158. The molecule has 2 heterocycles. The van der Waals surface area contributed by atoms with Crippen molar-refractivity contribution in [3.8, 4) is 0 Å². The van der Waals surface area contributed by atoms with Crippen molar-refractivity contribution in [3.63, 3.8) is 0 Å². The Morgan fingerprint density at radius 2 is 1.86 bits per heavy atom. The minimum absolute atomic E-state index is 0.0545. The smallest absolute Gasteiger partial charge is 0.304 e. The van der Waals surface area contributed by atoms with Gasteiger partial charge in [-0.1, -0.05) is 63.6 Å². The summed E-state index contributed by atoms with van der Waals surface area (Å²) in [5.41, 5.74) is 2.59. The summed E-state index contributed by atoms with van der Waals surface area (Å²) in [6.45, 7) is 0. The summed E-state index contributed by atoms with van der Waals surface area (Å²) >= 11 is 10.8. The Morgan fingerprint density at radius 3 is 2.54 bits per heavy atom. The normalized spacial score (nSPS) is 15.8. The molecule has 0 aliphatic carbocycles. The number of benzene rings is 2. The van der Waals surface area contributed by atoms with Crippen LogP contribution in [0.25, 0.3) is 0 Å². The molecule has 0 amide bonds. The highest BCUT2D eigenvalue weighted by Gasteiger charge is 2.30. The Kier molecular flexibility index (Phi) is 5.52. The lowest BCUT2D eigenvalue weighted by atomic mass is 10.1. The van der Waals surface area contributed by atoms with E-state index in [1.54, 1.807) is 16.8 Å². The molecule has 0 bridgehead atoms. The molecule has 9 heteroatoms. The highest BCUT2D eigenvalue weighted by atomic mass is 79.9. The van der Waals surface area contributed by atoms with Crippen LogP contribution >= 0.6 is 39.3 Å². The van der Waals surface area contributed by atoms with Crippen molar-refractivity contribution in [1.82, 2.24) is 14.9 Å². The van der Waals surface area contributed by atoms with Gasteiger partial charge in [0.05, 0.1) is 17.4 Å². The van der Waals surface area contributed by atoms with E-state index in [1.807, 2.05) is 36.4 Å². The second kappa shape index (κ2) is 8.06. The third-order valence-corrected chi connectivity index (χ3v) is 6.13. The van der Waals surface area contributed by atoms with Crippen LogP contribution in [0.15, 0.2) is 63.3 Å². The van der Waals surface area contributed by atoms with Crippen molar-refractivity contribution in [2.24, 2.45) is 5.10 Å². The van der Waals surface area contributed by atoms with Crippen molar-refractivity contribution in [2.75, 3.05) is 0 Å². The average molecular weight is 478 g/mol. The first-order chi connectivity index (χ1) is 13.5. The van der Waals surface area contributed by atoms with Gasteiger partial charge in [-0.05, 0) is 35.4 Å². The van der Waals surface area contributed by atoms with Gasteiger partial charge in [-0.2, -0.15) is 9.78 Å². The molecule has 1 atom stereocenters. The monoisotopic (exact) mass is 476 g/mol. The Morgan fingerprint density at radius 1 is 1.14 bits per heavy atom. The molecule has 0 radical (unpaired) electrons. The van der Waals surface area contributed by atoms with Gasteiger partial charge in [0.1, 0.15) is 0 Å². The summed E-state index contributed by atoms with van der Waals surface area (Å²) in [7, 11) is 0. The van der Waals surface area contributed by atoms with E-state index < -0.39 is 5.97 Å². The lowest BCUT2D eigenvalue weighted by Crippen LogP contribution is -2.27. The first-order valence-corrected chi connectivity index (χ1v) is 10.5. The molecule has 2 aromatic carbocycles. The quantitative estimate of drug-likeness (QED) is 0.586. The van der Waals surface area contributed by atoms with Gasteiger partial charge < -0.3 is 5.11 Å². The molecule has 4 rings (SSSR count). The van der Waals surface area contributed by atoms with Crippen LogP contribution in [0.1, 0.15) is 23.4 Å². The zero-order valence-electron chi connectivity index (χ0n) is 14.4. The summed E-state index contributed by atoms with van der Waals surface area (Å²) in [4.78, 5) is 11.3. The van der Waals surface area contributed by atoms with E-state index in [-0.39, 0.29) is 11.7 Å². The van der Waals surface area contributed by atoms with Crippen LogP contribution in [0.2, 0.25) is 5.02 Å². The van der Waals surface area contributed by atoms with Gasteiger partial charge in [0.2, 0.25) is 5.16 Å². The molecule has 1 aromatic heterocycles. The number of aliphatic carboxylic acids is 1. The van der Waals surface area contributed by atoms with E-state index in [0.29, 0.717) is 28.1 Å². The molecule has 1 N–H and O–H groups in total. The van der Waals surface area contributed by atoms with Gasteiger partial charge in [0.25, 0.3) is 0 Å². The molecule has 142 valence electrons. The topological polar surface area (TPSA) is 80.4 Å². The van der Waals surface area contributed by atoms with Crippen LogP contribution in [0.4, 0.5) is 0 Å². The third-order valence-electron chi connectivity index (χ3n) is 4.21. The zero-order chi connectivity index (χ0) is 19.7. The fourth-order valence-corrected chi connectivity index (χ4v) is 4.38. The molecule has 3 aromatic rings. The van der Waals surface area contributed by atoms with Crippen molar-refractivity contribution < 1.29 is 9.90 Å². The number of hydrogen-bond acceptors (Lipinski definition) is 5. The zero-order valence-corrected chi connectivity index (χ0v) is 17.6. The Balaban J connectivity index is 1.72. The number of nitrogens with zero attached hydrogens (tertiary/aromatic N) is 4. The largest absolute Gasteiger partial charge is 0.481 e. The molecule has 1 aliphatic rings. The second-order valence-corrected chi connectivity index (χ2v) is 8.73. The van der Waals surface area contributed by atoms with E-state index in [2.05, 4.69) is 26.1 Å². The number of aromatic nitrogens is 3.